The van der Waals surface area contributed by atoms with Gasteiger partial charge in [-0.15, -0.1) is 0 Å². The molecule has 0 bridgehead atoms. The van der Waals surface area contributed by atoms with Gasteiger partial charge in [-0.3, -0.25) is 4.79 Å². The molecular formula is C23H34FNO8. The summed E-state index contributed by atoms with van der Waals surface area (Å²) < 4.78 is 28.8. The third-order valence-corrected chi connectivity index (χ3v) is 4.10. The summed E-state index contributed by atoms with van der Waals surface area (Å²) >= 11 is 0. The van der Waals surface area contributed by atoms with Crippen LogP contribution >= 0.6 is 0 Å². The number of amides is 1. The highest BCUT2D eigenvalue weighted by atomic mass is 19.1. The first-order valence-electron chi connectivity index (χ1n) is 10.6. The molecule has 0 fully saturated rings. The lowest BCUT2D eigenvalue weighted by atomic mass is 9.92. The number of aliphatic carboxylic acids is 2. The van der Waals surface area contributed by atoms with E-state index in [0.29, 0.717) is 17.1 Å². The van der Waals surface area contributed by atoms with Crippen molar-refractivity contribution in [3.8, 4) is 11.5 Å². The maximum atomic E-state index is 12.5. The van der Waals surface area contributed by atoms with Crippen LogP contribution < -0.4 is 14.8 Å². The fourth-order valence-corrected chi connectivity index (χ4v) is 2.87. The van der Waals surface area contributed by atoms with Gasteiger partial charge in [-0.2, -0.15) is 0 Å². The number of rotatable bonds is 11. The van der Waals surface area contributed by atoms with Crippen LogP contribution in [0, 0.1) is 5.92 Å². The number of halogens is 1. The Bertz CT molecular complexity index is 829. The molecule has 1 aromatic rings. The monoisotopic (exact) mass is 471 g/mol. The fourth-order valence-electron chi connectivity index (χ4n) is 2.87. The number of carbonyl (C=O) groups is 3. The molecule has 1 aromatic carbocycles. The Balaban J connectivity index is 3.07. The van der Waals surface area contributed by atoms with Crippen LogP contribution in [-0.4, -0.2) is 58.8 Å². The van der Waals surface area contributed by atoms with Crippen molar-refractivity contribution < 1.29 is 43.2 Å². The number of nitrogens with one attached hydrogen (secondary N) is 1. The molecule has 0 saturated heterocycles. The van der Waals surface area contributed by atoms with Gasteiger partial charge in [-0.1, -0.05) is 6.07 Å². The molecule has 0 spiro atoms. The van der Waals surface area contributed by atoms with Crippen LogP contribution in [0.3, 0.4) is 0 Å². The molecule has 9 nitrogen and oxygen atoms in total. The van der Waals surface area contributed by atoms with Crippen LogP contribution in [0.4, 0.5) is 9.18 Å². The molecule has 1 rings (SSSR count). The predicted molar refractivity (Wildman–Crippen MR) is 119 cm³/mol. The molecule has 0 radical (unpaired) electrons. The highest BCUT2D eigenvalue weighted by Crippen LogP contribution is 2.32. The highest BCUT2D eigenvalue weighted by molar-refractivity contribution is 5.81. The number of hydrogen-bond acceptors (Lipinski definition) is 6. The minimum Gasteiger partial charge on any atom is -0.487 e. The third kappa shape index (κ3) is 10.9. The van der Waals surface area contributed by atoms with Gasteiger partial charge in [0.25, 0.3) is 0 Å². The Kier molecular flexibility index (Phi) is 9.94. The van der Waals surface area contributed by atoms with Crippen molar-refractivity contribution in [2.75, 3.05) is 13.3 Å². The lowest BCUT2D eigenvalue weighted by Gasteiger charge is -2.25. The first-order valence-corrected chi connectivity index (χ1v) is 10.6. The van der Waals surface area contributed by atoms with E-state index in [9.17, 15) is 29.0 Å². The maximum Gasteiger partial charge on any atom is 0.408 e. The molecule has 2 atom stereocenters. The van der Waals surface area contributed by atoms with Gasteiger partial charge in [-0.25, -0.2) is 14.0 Å². The second-order valence-electron chi connectivity index (χ2n) is 9.55. The summed E-state index contributed by atoms with van der Waals surface area (Å²) in [5.74, 6) is -3.09. The number of benzene rings is 1. The Morgan fingerprint density at radius 2 is 1.64 bits per heavy atom. The maximum absolute atomic E-state index is 12.5. The van der Waals surface area contributed by atoms with Crippen molar-refractivity contribution in [2.24, 2.45) is 5.92 Å². The Labute approximate surface area is 193 Å². The zero-order chi connectivity index (χ0) is 25.4. The van der Waals surface area contributed by atoms with Crippen LogP contribution in [0.5, 0.6) is 11.5 Å². The standard InChI is InChI=1S/C23H34FNO8/c1-22(2,3)32-18-12-14(7-8-17(18)31-10-9-24)11-15(19(26)27)13-16(20(28)29)25-21(30)33-23(4,5)6/h7-8,12,15-16H,9-11,13H2,1-6H3,(H,25,30)(H,26,27)(H,28,29)/t15-,16+/m0/s1. The molecule has 33 heavy (non-hydrogen) atoms. The number of carboxylic acid groups (broad SMARTS) is 2. The van der Waals surface area contributed by atoms with Crippen LogP contribution in [0.2, 0.25) is 0 Å². The second-order valence-corrected chi connectivity index (χ2v) is 9.55. The van der Waals surface area contributed by atoms with E-state index in [4.69, 9.17) is 14.2 Å². The van der Waals surface area contributed by atoms with E-state index in [1.807, 2.05) is 20.8 Å². The first-order chi connectivity index (χ1) is 15.1. The van der Waals surface area contributed by atoms with Crippen molar-refractivity contribution in [2.45, 2.75) is 71.6 Å². The topological polar surface area (TPSA) is 131 Å². The van der Waals surface area contributed by atoms with Crippen molar-refractivity contribution in [1.29, 1.82) is 0 Å². The van der Waals surface area contributed by atoms with Gasteiger partial charge in [0.2, 0.25) is 0 Å². The molecule has 0 heterocycles. The van der Waals surface area contributed by atoms with E-state index < -0.39 is 47.9 Å². The molecule has 0 unspecified atom stereocenters. The molecule has 10 heteroatoms. The Morgan fingerprint density at radius 1 is 1.00 bits per heavy atom. The number of carboxylic acids is 2. The number of alkyl halides is 1. The van der Waals surface area contributed by atoms with Crippen LogP contribution in [0.25, 0.3) is 0 Å². The average Bonchev–Trinajstić information content (AvgIpc) is 2.63. The Hall–Kier alpha value is -3.04. The minimum atomic E-state index is -1.46. The molecule has 0 aliphatic rings. The van der Waals surface area contributed by atoms with Crippen molar-refractivity contribution in [1.82, 2.24) is 5.32 Å². The van der Waals surface area contributed by atoms with Crippen LogP contribution in [0.1, 0.15) is 53.5 Å². The lowest BCUT2D eigenvalue weighted by molar-refractivity contribution is -0.144. The van der Waals surface area contributed by atoms with E-state index in [0.717, 1.165) is 0 Å². The van der Waals surface area contributed by atoms with Gasteiger partial charge in [-0.05, 0) is 72.1 Å². The van der Waals surface area contributed by atoms with Crippen molar-refractivity contribution >= 4 is 18.0 Å². The molecule has 0 aliphatic carbocycles. The van der Waals surface area contributed by atoms with E-state index in [-0.39, 0.29) is 19.4 Å². The highest BCUT2D eigenvalue weighted by Gasteiger charge is 2.30. The molecule has 0 aliphatic heterocycles. The molecular weight excluding hydrogens is 437 g/mol. The van der Waals surface area contributed by atoms with Crippen molar-refractivity contribution in [3.05, 3.63) is 23.8 Å². The largest absolute Gasteiger partial charge is 0.487 e. The van der Waals surface area contributed by atoms with Gasteiger partial charge < -0.3 is 29.7 Å². The fraction of sp³-hybridized carbons (Fsp3) is 0.609. The van der Waals surface area contributed by atoms with Crippen molar-refractivity contribution in [3.63, 3.8) is 0 Å². The summed E-state index contributed by atoms with van der Waals surface area (Å²) in [7, 11) is 0. The first kappa shape index (κ1) is 28.0. The average molecular weight is 472 g/mol. The number of alkyl carbamates (subject to hydrolysis) is 1. The van der Waals surface area contributed by atoms with Gasteiger partial charge in [0.1, 0.15) is 30.5 Å². The number of hydrogen-bond donors (Lipinski definition) is 3. The molecule has 0 saturated carbocycles. The zero-order valence-electron chi connectivity index (χ0n) is 19.9. The summed E-state index contributed by atoms with van der Waals surface area (Å²) in [5.41, 5.74) is -0.880. The minimum absolute atomic E-state index is 0.0288. The lowest BCUT2D eigenvalue weighted by Crippen LogP contribution is -2.45. The SMILES string of the molecule is CC(C)(C)OC(=O)N[C@H](C[C@H](Cc1ccc(OCCF)c(OC(C)(C)C)c1)C(=O)O)C(=O)O. The van der Waals surface area contributed by atoms with Gasteiger partial charge >= 0.3 is 18.0 Å². The van der Waals surface area contributed by atoms with Crippen LogP contribution in [0.15, 0.2) is 18.2 Å². The quantitative estimate of drug-likeness (QED) is 0.444. The third-order valence-electron chi connectivity index (χ3n) is 4.10. The second kappa shape index (κ2) is 11.7. The Morgan fingerprint density at radius 3 is 2.12 bits per heavy atom. The van der Waals surface area contributed by atoms with Gasteiger partial charge in [0.15, 0.2) is 11.5 Å². The summed E-state index contributed by atoms with van der Waals surface area (Å²) in [6.07, 6.45) is -1.34. The molecule has 0 aromatic heterocycles. The van der Waals surface area contributed by atoms with Crippen LogP contribution in [-0.2, 0) is 20.7 Å². The smallest absolute Gasteiger partial charge is 0.408 e. The zero-order valence-corrected chi connectivity index (χ0v) is 19.9. The predicted octanol–water partition coefficient (Wildman–Crippen LogP) is 3.82. The summed E-state index contributed by atoms with van der Waals surface area (Å²) in [6.45, 7) is 9.49. The normalized spacial score (nSPS) is 13.5. The summed E-state index contributed by atoms with van der Waals surface area (Å²) in [6, 6.07) is 3.29. The van der Waals surface area contributed by atoms with Gasteiger partial charge in [0.05, 0.1) is 5.92 Å². The van der Waals surface area contributed by atoms with E-state index in [1.54, 1.807) is 39.0 Å². The summed E-state index contributed by atoms with van der Waals surface area (Å²) in [4.78, 5) is 35.5. The molecule has 3 N–H and O–H groups in total. The summed E-state index contributed by atoms with van der Waals surface area (Å²) in [5, 5.41) is 21.4. The number of carbonyl (C=O) groups excluding carboxylic acids is 1. The molecule has 1 amide bonds. The van der Waals surface area contributed by atoms with E-state index in [1.165, 1.54) is 0 Å². The molecule has 186 valence electrons. The van der Waals surface area contributed by atoms with E-state index in [2.05, 4.69) is 5.32 Å². The number of ether oxygens (including phenoxy) is 3. The van der Waals surface area contributed by atoms with E-state index >= 15 is 0 Å². The van der Waals surface area contributed by atoms with Gasteiger partial charge in [0, 0.05) is 0 Å².